The van der Waals surface area contributed by atoms with Crippen LogP contribution in [0.15, 0.2) is 18.2 Å². The summed E-state index contributed by atoms with van der Waals surface area (Å²) >= 11 is 0. The van der Waals surface area contributed by atoms with Crippen LogP contribution in [0.3, 0.4) is 0 Å². The van der Waals surface area contributed by atoms with E-state index in [1.807, 2.05) is 0 Å². The lowest BCUT2D eigenvalue weighted by atomic mass is 9.88. The van der Waals surface area contributed by atoms with Crippen molar-refractivity contribution in [2.75, 3.05) is 0 Å². The van der Waals surface area contributed by atoms with Gasteiger partial charge in [-0.1, -0.05) is 13.0 Å². The highest BCUT2D eigenvalue weighted by Gasteiger charge is 2.37. The summed E-state index contributed by atoms with van der Waals surface area (Å²) in [5.74, 6) is -0.711. The molecule has 106 valence electrons. The highest BCUT2D eigenvalue weighted by Crippen LogP contribution is 2.39. The second-order valence-corrected chi connectivity index (χ2v) is 4.28. The van der Waals surface area contributed by atoms with Crippen molar-refractivity contribution in [2.45, 2.75) is 38.5 Å². The minimum absolute atomic E-state index is 0.115. The van der Waals surface area contributed by atoms with E-state index in [1.54, 1.807) is 6.92 Å². The first-order chi connectivity index (χ1) is 8.68. The van der Waals surface area contributed by atoms with Crippen LogP contribution in [0.25, 0.3) is 0 Å². The zero-order valence-electron chi connectivity index (χ0n) is 10.4. The molecule has 1 N–H and O–H groups in total. The lowest BCUT2D eigenvalue weighted by Gasteiger charge is -2.22. The summed E-state index contributed by atoms with van der Waals surface area (Å²) in [6.45, 7) is 3.05. The molecule has 0 spiro atoms. The van der Waals surface area contributed by atoms with Crippen molar-refractivity contribution in [3.05, 3.63) is 39.4 Å². The van der Waals surface area contributed by atoms with Gasteiger partial charge in [0.15, 0.2) is 0 Å². The number of aliphatic hydroxyl groups excluding tert-OH is 1. The summed E-state index contributed by atoms with van der Waals surface area (Å²) in [7, 11) is 0. The number of benzene rings is 1. The smallest absolute Gasteiger partial charge is 0.393 e. The lowest BCUT2D eigenvalue weighted by molar-refractivity contribution is -0.385. The van der Waals surface area contributed by atoms with Gasteiger partial charge in [0.25, 0.3) is 5.69 Å². The van der Waals surface area contributed by atoms with Gasteiger partial charge < -0.3 is 5.11 Å². The summed E-state index contributed by atoms with van der Waals surface area (Å²) in [6, 6.07) is 2.61. The molecule has 0 radical (unpaired) electrons. The first-order valence-electron chi connectivity index (χ1n) is 5.72. The van der Waals surface area contributed by atoms with Gasteiger partial charge in [0, 0.05) is 18.1 Å². The monoisotopic (exact) mass is 277 g/mol. The molecule has 0 saturated carbocycles. The molecule has 0 aliphatic heterocycles. The van der Waals surface area contributed by atoms with E-state index >= 15 is 0 Å². The zero-order valence-corrected chi connectivity index (χ0v) is 10.4. The third-order valence-corrected chi connectivity index (χ3v) is 2.97. The van der Waals surface area contributed by atoms with Crippen LogP contribution in [0.2, 0.25) is 0 Å². The number of hydrogen-bond donors (Lipinski definition) is 1. The molecule has 0 fully saturated rings. The molecule has 1 rings (SSSR count). The van der Waals surface area contributed by atoms with Crippen molar-refractivity contribution in [1.82, 2.24) is 0 Å². The van der Waals surface area contributed by atoms with Crippen molar-refractivity contribution in [3.63, 3.8) is 0 Å². The predicted octanol–water partition coefficient (Wildman–Crippen LogP) is 3.49. The van der Waals surface area contributed by atoms with E-state index < -0.39 is 34.4 Å². The molecule has 2 unspecified atom stereocenters. The van der Waals surface area contributed by atoms with Crippen LogP contribution in [0.4, 0.5) is 18.9 Å². The van der Waals surface area contributed by atoms with Crippen LogP contribution in [0.1, 0.15) is 37.3 Å². The van der Waals surface area contributed by atoms with Gasteiger partial charge in [-0.25, -0.2) is 0 Å². The number of nitro groups is 1. The lowest BCUT2D eigenvalue weighted by Crippen LogP contribution is -2.19. The number of halogens is 3. The van der Waals surface area contributed by atoms with E-state index in [1.165, 1.54) is 6.92 Å². The molecule has 0 heterocycles. The highest BCUT2D eigenvalue weighted by atomic mass is 19.4. The van der Waals surface area contributed by atoms with E-state index in [9.17, 15) is 28.4 Å². The Morgan fingerprint density at radius 3 is 2.37 bits per heavy atom. The second-order valence-electron chi connectivity index (χ2n) is 4.28. The van der Waals surface area contributed by atoms with Crippen LogP contribution in [0, 0.1) is 10.1 Å². The summed E-state index contributed by atoms with van der Waals surface area (Å²) in [4.78, 5) is 9.68. The van der Waals surface area contributed by atoms with Crippen LogP contribution in [-0.2, 0) is 6.18 Å². The van der Waals surface area contributed by atoms with Gasteiger partial charge in [0.05, 0.1) is 16.6 Å². The first kappa shape index (κ1) is 15.4. The van der Waals surface area contributed by atoms with E-state index in [-0.39, 0.29) is 5.56 Å². The summed E-state index contributed by atoms with van der Waals surface area (Å²) in [5, 5.41) is 20.1. The largest absolute Gasteiger partial charge is 0.416 e. The Labute approximate surface area is 108 Å². The zero-order chi connectivity index (χ0) is 14.8. The number of nitrogens with zero attached hydrogens (tertiary/aromatic N) is 1. The maximum Gasteiger partial charge on any atom is 0.416 e. The Kier molecular flexibility index (Phi) is 4.52. The molecule has 4 nitrogen and oxygen atoms in total. The molecule has 0 saturated heterocycles. The third-order valence-electron chi connectivity index (χ3n) is 2.97. The Balaban J connectivity index is 3.43. The van der Waals surface area contributed by atoms with Crippen LogP contribution >= 0.6 is 0 Å². The van der Waals surface area contributed by atoms with E-state index in [4.69, 9.17) is 0 Å². The molecule has 1 aromatic rings. The van der Waals surface area contributed by atoms with E-state index in [0.29, 0.717) is 12.5 Å². The van der Waals surface area contributed by atoms with Crippen molar-refractivity contribution < 1.29 is 23.2 Å². The fourth-order valence-electron chi connectivity index (χ4n) is 2.05. The first-order valence-corrected chi connectivity index (χ1v) is 5.72. The number of non-ortho nitro benzene ring substituents is 1. The van der Waals surface area contributed by atoms with Gasteiger partial charge in [-0.15, -0.1) is 0 Å². The number of nitro benzene ring substituents is 1. The molecular weight excluding hydrogens is 263 g/mol. The standard InChI is InChI=1S/C12H14F3NO3/c1-3-9(7(2)17)10-5-4-8(16(18)19)6-11(10)12(13,14)15/h4-7,9,17H,3H2,1-2H3. The molecule has 2 atom stereocenters. The van der Waals surface area contributed by atoms with Crippen molar-refractivity contribution >= 4 is 5.69 Å². The van der Waals surface area contributed by atoms with Crippen LogP contribution in [0.5, 0.6) is 0 Å². The van der Waals surface area contributed by atoms with Crippen LogP contribution in [-0.4, -0.2) is 16.1 Å². The number of aliphatic hydroxyl groups is 1. The molecule has 0 aliphatic rings. The predicted molar refractivity (Wildman–Crippen MR) is 62.8 cm³/mol. The fourth-order valence-corrected chi connectivity index (χ4v) is 2.05. The third kappa shape index (κ3) is 3.44. The number of rotatable bonds is 4. The molecule has 19 heavy (non-hydrogen) atoms. The molecular formula is C12H14F3NO3. The Morgan fingerprint density at radius 1 is 1.42 bits per heavy atom. The summed E-state index contributed by atoms with van der Waals surface area (Å²) in [5.41, 5.74) is -1.79. The van der Waals surface area contributed by atoms with Crippen molar-refractivity contribution in [3.8, 4) is 0 Å². The average Bonchev–Trinajstić information content (AvgIpc) is 2.28. The van der Waals surface area contributed by atoms with Gasteiger partial charge >= 0.3 is 6.18 Å². The molecule has 7 heteroatoms. The van der Waals surface area contributed by atoms with Gasteiger partial charge in [0.1, 0.15) is 0 Å². The molecule has 0 bridgehead atoms. The molecule has 0 aliphatic carbocycles. The topological polar surface area (TPSA) is 63.4 Å². The quantitative estimate of drug-likeness (QED) is 0.676. The Morgan fingerprint density at radius 2 is 2.00 bits per heavy atom. The average molecular weight is 277 g/mol. The van der Waals surface area contributed by atoms with Gasteiger partial charge in [-0.2, -0.15) is 13.2 Å². The Bertz CT molecular complexity index is 472. The highest BCUT2D eigenvalue weighted by molar-refractivity contribution is 5.43. The van der Waals surface area contributed by atoms with Crippen molar-refractivity contribution in [1.29, 1.82) is 0 Å². The summed E-state index contributed by atoms with van der Waals surface area (Å²) in [6.07, 6.45) is -5.35. The van der Waals surface area contributed by atoms with Crippen molar-refractivity contribution in [2.24, 2.45) is 0 Å². The number of hydrogen-bond acceptors (Lipinski definition) is 3. The number of alkyl halides is 3. The normalized spacial score (nSPS) is 15.1. The molecule has 0 aromatic heterocycles. The maximum atomic E-state index is 12.9. The SMILES string of the molecule is CCC(c1ccc([N+](=O)[O-])cc1C(F)(F)F)C(C)O. The van der Waals surface area contributed by atoms with Gasteiger partial charge in [-0.3, -0.25) is 10.1 Å². The van der Waals surface area contributed by atoms with E-state index in [2.05, 4.69) is 0 Å². The maximum absolute atomic E-state index is 12.9. The van der Waals surface area contributed by atoms with E-state index in [0.717, 1.165) is 12.1 Å². The molecule has 0 amide bonds. The van der Waals surface area contributed by atoms with Gasteiger partial charge in [-0.05, 0) is 18.9 Å². The minimum atomic E-state index is -4.69. The molecule has 1 aromatic carbocycles. The Hall–Kier alpha value is -1.63. The van der Waals surface area contributed by atoms with Gasteiger partial charge in [0.2, 0.25) is 0 Å². The second kappa shape index (κ2) is 5.56. The minimum Gasteiger partial charge on any atom is -0.393 e. The fraction of sp³-hybridized carbons (Fsp3) is 0.500. The summed E-state index contributed by atoms with van der Waals surface area (Å²) < 4.78 is 38.8. The van der Waals surface area contributed by atoms with Crippen LogP contribution < -0.4 is 0 Å².